The minimum absolute atomic E-state index is 0.00263. The lowest BCUT2D eigenvalue weighted by Crippen LogP contribution is -2.45. The number of benzene rings is 2. The summed E-state index contributed by atoms with van der Waals surface area (Å²) >= 11 is 0. The van der Waals surface area contributed by atoms with Crippen molar-refractivity contribution in [3.8, 4) is 5.75 Å². The van der Waals surface area contributed by atoms with Crippen LogP contribution in [-0.2, 0) is 27.5 Å². The van der Waals surface area contributed by atoms with E-state index in [4.69, 9.17) is 9.84 Å². The Balaban J connectivity index is 1.66. The maximum Gasteiger partial charge on any atom is 0.416 e. The number of halogens is 3. The molecule has 4 rings (SSSR count). The molecule has 0 radical (unpaired) electrons. The van der Waals surface area contributed by atoms with Crippen LogP contribution < -0.4 is 19.7 Å². The molecule has 4 N–H and O–H groups in total. The highest BCUT2D eigenvalue weighted by Gasteiger charge is 2.37. The molecule has 0 bridgehead atoms. The summed E-state index contributed by atoms with van der Waals surface area (Å²) in [5, 5.41) is 20.2. The summed E-state index contributed by atoms with van der Waals surface area (Å²) in [6.45, 7) is -0.306. The van der Waals surface area contributed by atoms with Gasteiger partial charge in [0.05, 0.1) is 41.4 Å². The molecular weight excluding hydrogens is 519 g/mol. The van der Waals surface area contributed by atoms with Crippen molar-refractivity contribution in [2.45, 2.75) is 30.1 Å². The van der Waals surface area contributed by atoms with Gasteiger partial charge in [0, 0.05) is 11.9 Å². The van der Waals surface area contributed by atoms with Crippen LogP contribution in [0.2, 0.25) is 0 Å². The van der Waals surface area contributed by atoms with Crippen molar-refractivity contribution in [3.63, 3.8) is 0 Å². The van der Waals surface area contributed by atoms with Gasteiger partial charge in [0.15, 0.2) is 0 Å². The number of nitrogens with zero attached hydrogens (tertiary/aromatic N) is 2. The van der Waals surface area contributed by atoms with Gasteiger partial charge in [-0.3, -0.25) is 19.5 Å². The number of aromatic amines is 1. The third-order valence-electron chi connectivity index (χ3n) is 5.33. The Labute approximate surface area is 208 Å². The monoisotopic (exact) mass is 539 g/mol. The number of fused-ring (bicyclic) bond motifs is 1. The number of carboxylic acid groups (broad SMARTS) is 1. The average Bonchev–Trinajstić information content (AvgIpc) is 3.35. The molecular formula is C22H20F3N5O6S. The molecule has 37 heavy (non-hydrogen) atoms. The molecule has 0 fully saturated rings. The van der Waals surface area contributed by atoms with Crippen molar-refractivity contribution in [2.24, 2.45) is 0 Å². The van der Waals surface area contributed by atoms with Gasteiger partial charge in [-0.05, 0) is 42.5 Å². The Hall–Kier alpha value is -4.27. The van der Waals surface area contributed by atoms with Gasteiger partial charge < -0.3 is 15.2 Å². The van der Waals surface area contributed by atoms with Gasteiger partial charge in [0.1, 0.15) is 11.9 Å². The summed E-state index contributed by atoms with van der Waals surface area (Å²) in [5.74, 6) is -0.472. The van der Waals surface area contributed by atoms with Gasteiger partial charge in [-0.1, -0.05) is 6.07 Å². The largest absolute Gasteiger partial charge is 0.486 e. The van der Waals surface area contributed by atoms with Crippen molar-refractivity contribution >= 4 is 33.4 Å². The highest BCUT2D eigenvalue weighted by atomic mass is 32.2. The van der Waals surface area contributed by atoms with E-state index >= 15 is 0 Å². The fraction of sp³-hybridized carbons (Fsp3) is 0.227. The Morgan fingerprint density at radius 3 is 2.65 bits per heavy atom. The third kappa shape index (κ3) is 5.94. The molecule has 0 saturated heterocycles. The van der Waals surface area contributed by atoms with E-state index in [0.29, 0.717) is 11.8 Å². The predicted octanol–water partition coefficient (Wildman–Crippen LogP) is 3.18. The molecule has 0 spiro atoms. The van der Waals surface area contributed by atoms with E-state index < -0.39 is 51.3 Å². The molecule has 3 aromatic rings. The first-order valence-electron chi connectivity index (χ1n) is 10.7. The summed E-state index contributed by atoms with van der Waals surface area (Å²) < 4.78 is 73.4. The van der Waals surface area contributed by atoms with Crippen molar-refractivity contribution in [1.29, 1.82) is 0 Å². The molecule has 1 atom stereocenters. The zero-order valence-electron chi connectivity index (χ0n) is 18.8. The molecule has 1 unspecified atom stereocenters. The number of nitrogens with one attached hydrogen (secondary N) is 3. The lowest BCUT2D eigenvalue weighted by Gasteiger charge is -2.35. The summed E-state index contributed by atoms with van der Waals surface area (Å²) in [6.07, 6.45) is -5.87. The van der Waals surface area contributed by atoms with Crippen LogP contribution in [-0.4, -0.2) is 48.4 Å². The van der Waals surface area contributed by atoms with Crippen LogP contribution in [0.5, 0.6) is 5.75 Å². The van der Waals surface area contributed by atoms with Gasteiger partial charge in [0.25, 0.3) is 10.0 Å². The minimum Gasteiger partial charge on any atom is -0.486 e. The van der Waals surface area contributed by atoms with Gasteiger partial charge in [0.2, 0.25) is 5.91 Å². The fourth-order valence-electron chi connectivity index (χ4n) is 3.66. The first-order valence-corrected chi connectivity index (χ1v) is 12.1. The number of carbonyl (C=O) groups is 2. The number of rotatable bonds is 7. The Kier molecular flexibility index (Phi) is 6.98. The number of carbonyl (C=O) groups excluding carboxylic acids is 1. The fourth-order valence-corrected chi connectivity index (χ4v) is 5.21. The van der Waals surface area contributed by atoms with E-state index in [1.165, 1.54) is 18.2 Å². The molecule has 1 aliphatic rings. The number of ether oxygens (including phenoxy) is 1. The molecule has 1 aromatic heterocycles. The van der Waals surface area contributed by atoms with Crippen LogP contribution in [0, 0.1) is 0 Å². The highest BCUT2D eigenvalue weighted by Crippen LogP contribution is 2.40. The maximum atomic E-state index is 13.5. The first-order chi connectivity index (χ1) is 17.4. The average molecular weight is 539 g/mol. The van der Waals surface area contributed by atoms with E-state index in [-0.39, 0.29) is 30.1 Å². The van der Waals surface area contributed by atoms with Crippen LogP contribution in [0.4, 0.5) is 29.3 Å². The van der Waals surface area contributed by atoms with E-state index in [0.717, 1.165) is 22.5 Å². The van der Waals surface area contributed by atoms with Gasteiger partial charge >= 0.3 is 12.3 Å². The van der Waals surface area contributed by atoms with Crippen LogP contribution in [0.15, 0.2) is 59.6 Å². The molecule has 196 valence electrons. The topological polar surface area (TPSA) is 154 Å². The zero-order chi connectivity index (χ0) is 26.8. The standard InChI is InChI=1S/C22H20F3N5O6S/c23-22(24,25)13-2-1-3-17(8-13)37(34,35)30-12-16(10-20(31)26-11-15-6-7-27-29-15)36-19-5-4-14(9-18(19)30)28-21(32)33/h1-9,16,28H,10-12H2,(H,26,31)(H,27,29)(H,32,33). The molecule has 2 amide bonds. The normalized spacial score (nSPS) is 15.4. The molecule has 1 aliphatic heterocycles. The van der Waals surface area contributed by atoms with Crippen LogP contribution in [0.3, 0.4) is 0 Å². The highest BCUT2D eigenvalue weighted by molar-refractivity contribution is 7.92. The van der Waals surface area contributed by atoms with Crippen LogP contribution in [0.25, 0.3) is 0 Å². The number of H-pyrrole nitrogens is 1. The molecule has 0 saturated carbocycles. The number of aromatic nitrogens is 2. The van der Waals surface area contributed by atoms with Crippen molar-refractivity contribution < 1.29 is 41.0 Å². The SMILES string of the molecule is O=C(O)Nc1ccc2c(c1)N(S(=O)(=O)c1cccc(C(F)(F)F)c1)CC(CC(=O)NCc1cc[nH]n1)O2. The van der Waals surface area contributed by atoms with Crippen LogP contribution in [0.1, 0.15) is 17.7 Å². The van der Waals surface area contributed by atoms with E-state index in [2.05, 4.69) is 20.8 Å². The lowest BCUT2D eigenvalue weighted by atomic mass is 10.1. The summed E-state index contributed by atoms with van der Waals surface area (Å²) in [7, 11) is -4.59. The molecule has 2 heterocycles. The Morgan fingerprint density at radius 1 is 1.19 bits per heavy atom. The van der Waals surface area contributed by atoms with Crippen molar-refractivity contribution in [2.75, 3.05) is 16.2 Å². The van der Waals surface area contributed by atoms with E-state index in [9.17, 15) is 31.2 Å². The van der Waals surface area contributed by atoms with Gasteiger partial charge in [-0.15, -0.1) is 0 Å². The smallest absolute Gasteiger partial charge is 0.416 e. The second-order valence-corrected chi connectivity index (χ2v) is 9.82. The maximum absolute atomic E-state index is 13.5. The van der Waals surface area contributed by atoms with Crippen molar-refractivity contribution in [3.05, 3.63) is 66.0 Å². The Bertz CT molecular complexity index is 1410. The second-order valence-electron chi connectivity index (χ2n) is 7.96. The lowest BCUT2D eigenvalue weighted by molar-refractivity contribution is -0.137. The molecule has 2 aromatic carbocycles. The quantitative estimate of drug-likeness (QED) is 0.360. The van der Waals surface area contributed by atoms with E-state index in [1.54, 1.807) is 12.3 Å². The minimum atomic E-state index is -4.78. The van der Waals surface area contributed by atoms with Crippen LogP contribution >= 0.6 is 0 Å². The van der Waals surface area contributed by atoms with Gasteiger partial charge in [-0.2, -0.15) is 18.3 Å². The molecule has 11 nitrogen and oxygen atoms in total. The zero-order valence-corrected chi connectivity index (χ0v) is 19.6. The predicted molar refractivity (Wildman–Crippen MR) is 124 cm³/mol. The number of anilines is 2. The molecule has 15 heteroatoms. The number of hydrogen-bond donors (Lipinski definition) is 4. The molecule has 0 aliphatic carbocycles. The Morgan fingerprint density at radius 2 is 1.97 bits per heavy atom. The number of alkyl halides is 3. The van der Waals surface area contributed by atoms with Gasteiger partial charge in [-0.25, -0.2) is 13.2 Å². The summed E-state index contributed by atoms with van der Waals surface area (Å²) in [4.78, 5) is 22.9. The summed E-state index contributed by atoms with van der Waals surface area (Å²) in [5.41, 5.74) is -0.681. The number of amides is 2. The second kappa shape index (κ2) is 10.0. The number of sulfonamides is 1. The number of hydrogen-bond acceptors (Lipinski definition) is 6. The van der Waals surface area contributed by atoms with Crippen molar-refractivity contribution in [1.82, 2.24) is 15.5 Å². The van der Waals surface area contributed by atoms with E-state index in [1.807, 2.05) is 0 Å². The third-order valence-corrected chi connectivity index (χ3v) is 7.11. The summed E-state index contributed by atoms with van der Waals surface area (Å²) in [6, 6.07) is 8.71. The first kappa shape index (κ1) is 25.8.